The summed E-state index contributed by atoms with van der Waals surface area (Å²) in [6.07, 6.45) is 0. The molecule has 0 spiro atoms. The van der Waals surface area contributed by atoms with E-state index in [0.29, 0.717) is 6.54 Å². The SMILES string of the molecule is Cc1ccc(N2CC(C)(C)NC(=O)C2CO)cc1C. The van der Waals surface area contributed by atoms with Crippen molar-refractivity contribution in [1.29, 1.82) is 0 Å². The fourth-order valence-electron chi connectivity index (χ4n) is 2.49. The number of aryl methyl sites for hydroxylation is 2. The molecule has 104 valence electrons. The van der Waals surface area contributed by atoms with Crippen molar-refractivity contribution in [2.24, 2.45) is 0 Å². The molecule has 1 saturated heterocycles. The molecule has 4 heteroatoms. The molecule has 4 nitrogen and oxygen atoms in total. The van der Waals surface area contributed by atoms with Gasteiger partial charge in [-0.25, -0.2) is 0 Å². The van der Waals surface area contributed by atoms with Gasteiger partial charge in [-0.3, -0.25) is 4.79 Å². The smallest absolute Gasteiger partial charge is 0.245 e. The van der Waals surface area contributed by atoms with Crippen LogP contribution in [0.3, 0.4) is 0 Å². The highest BCUT2D eigenvalue weighted by Crippen LogP contribution is 2.25. The van der Waals surface area contributed by atoms with E-state index in [0.717, 1.165) is 5.69 Å². The van der Waals surface area contributed by atoms with Gasteiger partial charge >= 0.3 is 0 Å². The van der Waals surface area contributed by atoms with Gasteiger partial charge in [0.15, 0.2) is 0 Å². The van der Waals surface area contributed by atoms with Crippen LogP contribution in [0.15, 0.2) is 18.2 Å². The first kappa shape index (κ1) is 13.9. The van der Waals surface area contributed by atoms with Crippen LogP contribution in [0, 0.1) is 13.8 Å². The van der Waals surface area contributed by atoms with E-state index in [1.165, 1.54) is 11.1 Å². The van der Waals surface area contributed by atoms with Gasteiger partial charge in [-0.1, -0.05) is 6.07 Å². The first-order valence-electron chi connectivity index (χ1n) is 6.61. The van der Waals surface area contributed by atoms with Gasteiger partial charge in [0.2, 0.25) is 5.91 Å². The summed E-state index contributed by atoms with van der Waals surface area (Å²) in [5.41, 5.74) is 3.12. The van der Waals surface area contributed by atoms with Gasteiger partial charge in [-0.05, 0) is 51.0 Å². The predicted molar refractivity (Wildman–Crippen MR) is 76.4 cm³/mol. The molecule has 19 heavy (non-hydrogen) atoms. The molecule has 1 heterocycles. The Morgan fingerprint density at radius 2 is 2.05 bits per heavy atom. The van der Waals surface area contributed by atoms with Gasteiger partial charge in [0.25, 0.3) is 0 Å². The number of carbonyl (C=O) groups is 1. The predicted octanol–water partition coefficient (Wildman–Crippen LogP) is 1.38. The van der Waals surface area contributed by atoms with Crippen molar-refractivity contribution in [1.82, 2.24) is 5.32 Å². The van der Waals surface area contributed by atoms with Crippen LogP contribution >= 0.6 is 0 Å². The second kappa shape index (κ2) is 4.85. The molecule has 0 aliphatic carbocycles. The van der Waals surface area contributed by atoms with Crippen molar-refractivity contribution in [3.63, 3.8) is 0 Å². The molecule has 2 rings (SSSR count). The number of carbonyl (C=O) groups excluding carboxylic acids is 1. The number of aliphatic hydroxyl groups is 1. The molecule has 1 aromatic rings. The standard InChI is InChI=1S/C15H22N2O2/c1-10-5-6-12(7-11(10)2)17-9-15(3,4)16-14(19)13(17)8-18/h5-7,13,18H,8-9H2,1-4H3,(H,16,19). The minimum Gasteiger partial charge on any atom is -0.394 e. The molecule has 1 fully saturated rings. The Morgan fingerprint density at radius 1 is 1.37 bits per heavy atom. The third kappa shape index (κ3) is 2.73. The molecule has 0 aromatic heterocycles. The Hall–Kier alpha value is -1.55. The fourth-order valence-corrected chi connectivity index (χ4v) is 2.49. The molecular weight excluding hydrogens is 240 g/mol. The van der Waals surface area contributed by atoms with Crippen molar-refractivity contribution < 1.29 is 9.90 Å². The molecule has 1 amide bonds. The number of piperazine rings is 1. The van der Waals surface area contributed by atoms with Crippen LogP contribution in [0.4, 0.5) is 5.69 Å². The number of nitrogens with one attached hydrogen (secondary N) is 1. The summed E-state index contributed by atoms with van der Waals surface area (Å²) in [5, 5.41) is 12.4. The lowest BCUT2D eigenvalue weighted by Gasteiger charge is -2.44. The normalized spacial score (nSPS) is 22.3. The molecule has 0 bridgehead atoms. The quantitative estimate of drug-likeness (QED) is 0.846. The molecule has 1 aromatic carbocycles. The zero-order chi connectivity index (χ0) is 14.2. The van der Waals surface area contributed by atoms with E-state index in [-0.39, 0.29) is 18.1 Å². The van der Waals surface area contributed by atoms with E-state index in [2.05, 4.69) is 31.3 Å². The largest absolute Gasteiger partial charge is 0.394 e. The first-order chi connectivity index (χ1) is 8.84. The van der Waals surface area contributed by atoms with Crippen LogP contribution in [0.1, 0.15) is 25.0 Å². The number of aliphatic hydroxyl groups excluding tert-OH is 1. The van der Waals surface area contributed by atoms with Crippen molar-refractivity contribution in [2.45, 2.75) is 39.3 Å². The van der Waals surface area contributed by atoms with Gasteiger partial charge in [0, 0.05) is 12.2 Å². The Kier molecular flexibility index (Phi) is 3.54. The zero-order valence-corrected chi connectivity index (χ0v) is 12.0. The lowest BCUT2D eigenvalue weighted by Crippen LogP contribution is -2.66. The van der Waals surface area contributed by atoms with E-state index in [9.17, 15) is 9.90 Å². The second-order valence-corrected chi connectivity index (χ2v) is 5.97. The van der Waals surface area contributed by atoms with E-state index >= 15 is 0 Å². The van der Waals surface area contributed by atoms with Crippen LogP contribution in [0.2, 0.25) is 0 Å². The number of hydrogen-bond acceptors (Lipinski definition) is 3. The second-order valence-electron chi connectivity index (χ2n) is 5.97. The van der Waals surface area contributed by atoms with E-state index < -0.39 is 6.04 Å². The minimum absolute atomic E-state index is 0.114. The van der Waals surface area contributed by atoms with E-state index in [1.54, 1.807) is 0 Å². The molecule has 1 aliphatic rings. The van der Waals surface area contributed by atoms with Crippen LogP contribution in [-0.2, 0) is 4.79 Å². The highest BCUT2D eigenvalue weighted by atomic mass is 16.3. The third-order valence-electron chi connectivity index (χ3n) is 3.70. The number of amides is 1. The highest BCUT2D eigenvalue weighted by molar-refractivity contribution is 5.87. The van der Waals surface area contributed by atoms with Crippen molar-refractivity contribution in [2.75, 3.05) is 18.1 Å². The van der Waals surface area contributed by atoms with Crippen molar-refractivity contribution in [3.05, 3.63) is 29.3 Å². The van der Waals surface area contributed by atoms with Gasteiger partial charge in [-0.15, -0.1) is 0 Å². The molecule has 1 atom stereocenters. The van der Waals surface area contributed by atoms with Crippen LogP contribution in [0.25, 0.3) is 0 Å². The maximum atomic E-state index is 12.1. The number of hydrogen-bond donors (Lipinski definition) is 2. The van der Waals surface area contributed by atoms with Crippen LogP contribution < -0.4 is 10.2 Å². The topological polar surface area (TPSA) is 52.6 Å². The monoisotopic (exact) mass is 262 g/mol. The number of rotatable bonds is 2. The van der Waals surface area contributed by atoms with Crippen molar-refractivity contribution >= 4 is 11.6 Å². The average molecular weight is 262 g/mol. The summed E-state index contributed by atoms with van der Waals surface area (Å²) in [4.78, 5) is 14.1. The van der Waals surface area contributed by atoms with Crippen molar-refractivity contribution in [3.8, 4) is 0 Å². The van der Waals surface area contributed by atoms with E-state index in [1.807, 2.05) is 24.8 Å². The summed E-state index contributed by atoms with van der Waals surface area (Å²) >= 11 is 0. The Labute approximate surface area is 114 Å². The first-order valence-corrected chi connectivity index (χ1v) is 6.61. The van der Waals surface area contributed by atoms with Gasteiger partial charge < -0.3 is 15.3 Å². The van der Waals surface area contributed by atoms with Crippen LogP contribution in [0.5, 0.6) is 0 Å². The summed E-state index contributed by atoms with van der Waals surface area (Å²) in [7, 11) is 0. The Morgan fingerprint density at radius 3 is 2.63 bits per heavy atom. The maximum absolute atomic E-state index is 12.1. The third-order valence-corrected chi connectivity index (χ3v) is 3.70. The number of benzene rings is 1. The Balaban J connectivity index is 2.38. The molecular formula is C15H22N2O2. The summed E-state index contributed by atoms with van der Waals surface area (Å²) in [5.74, 6) is -0.114. The zero-order valence-electron chi connectivity index (χ0n) is 12.0. The lowest BCUT2D eigenvalue weighted by atomic mass is 9.97. The summed E-state index contributed by atoms with van der Waals surface area (Å²) < 4.78 is 0. The molecule has 0 saturated carbocycles. The summed E-state index contributed by atoms with van der Waals surface area (Å²) in [6, 6.07) is 5.64. The highest BCUT2D eigenvalue weighted by Gasteiger charge is 2.38. The number of nitrogens with zero attached hydrogens (tertiary/aromatic N) is 1. The average Bonchev–Trinajstić information content (AvgIpc) is 2.30. The van der Waals surface area contributed by atoms with E-state index in [4.69, 9.17) is 0 Å². The number of anilines is 1. The lowest BCUT2D eigenvalue weighted by molar-refractivity contribution is -0.126. The van der Waals surface area contributed by atoms with Gasteiger partial charge in [0.05, 0.1) is 12.1 Å². The molecule has 2 N–H and O–H groups in total. The molecule has 0 radical (unpaired) electrons. The minimum atomic E-state index is -0.505. The van der Waals surface area contributed by atoms with Gasteiger partial charge in [-0.2, -0.15) is 0 Å². The van der Waals surface area contributed by atoms with Crippen LogP contribution in [-0.4, -0.2) is 35.7 Å². The fraction of sp³-hybridized carbons (Fsp3) is 0.533. The van der Waals surface area contributed by atoms with Gasteiger partial charge in [0.1, 0.15) is 6.04 Å². The Bertz CT molecular complexity index is 497. The molecule has 1 aliphatic heterocycles. The molecule has 1 unspecified atom stereocenters. The summed E-state index contributed by atoms with van der Waals surface area (Å²) in [6.45, 7) is 8.62. The maximum Gasteiger partial charge on any atom is 0.245 e.